The van der Waals surface area contributed by atoms with Crippen molar-refractivity contribution in [3.05, 3.63) is 62.6 Å². The van der Waals surface area contributed by atoms with E-state index < -0.39 is 0 Å². The first-order chi connectivity index (χ1) is 14.0. The first-order valence-corrected chi connectivity index (χ1v) is 10.3. The van der Waals surface area contributed by atoms with Crippen molar-refractivity contribution in [1.82, 2.24) is 15.1 Å². The Balaban J connectivity index is 1.51. The fourth-order valence-electron chi connectivity index (χ4n) is 4.43. The molecule has 2 aromatic rings. The number of carbonyl (C=O) groups is 2. The van der Waals surface area contributed by atoms with Gasteiger partial charge in [0.05, 0.1) is 5.69 Å². The number of fused-ring (bicyclic) bond motifs is 1. The lowest BCUT2D eigenvalue weighted by atomic mass is 9.90. The standard InChI is InChI=1S/C22H26N4O3/c23-20(27)15-8-10-26(11-9-15)22(29)16-5-3-4-14(12-16)13-19-17-6-1-2-7-18(17)21(28)25-24-19/h3-5,12,15H,1-2,6-11,13H2,(H2,23,27)(H,25,28). The van der Waals surface area contributed by atoms with Crippen LogP contribution in [0.15, 0.2) is 29.1 Å². The summed E-state index contributed by atoms with van der Waals surface area (Å²) in [4.78, 5) is 38.1. The second kappa shape index (κ2) is 8.19. The van der Waals surface area contributed by atoms with Gasteiger partial charge in [0.1, 0.15) is 0 Å². The van der Waals surface area contributed by atoms with Gasteiger partial charge in [0, 0.05) is 36.6 Å². The Hall–Kier alpha value is -2.96. The van der Waals surface area contributed by atoms with Crippen LogP contribution < -0.4 is 11.3 Å². The van der Waals surface area contributed by atoms with Gasteiger partial charge >= 0.3 is 0 Å². The first-order valence-electron chi connectivity index (χ1n) is 10.3. The zero-order valence-corrected chi connectivity index (χ0v) is 16.4. The monoisotopic (exact) mass is 394 g/mol. The van der Waals surface area contributed by atoms with Crippen LogP contribution in [0, 0.1) is 5.92 Å². The van der Waals surface area contributed by atoms with Gasteiger partial charge < -0.3 is 10.6 Å². The van der Waals surface area contributed by atoms with Crippen molar-refractivity contribution < 1.29 is 9.59 Å². The molecule has 0 unspecified atom stereocenters. The van der Waals surface area contributed by atoms with Crippen LogP contribution in [0.1, 0.15) is 58.4 Å². The highest BCUT2D eigenvalue weighted by Crippen LogP contribution is 2.23. The van der Waals surface area contributed by atoms with Gasteiger partial charge in [-0.3, -0.25) is 14.4 Å². The topological polar surface area (TPSA) is 109 Å². The quantitative estimate of drug-likeness (QED) is 0.820. The number of nitrogens with two attached hydrogens (primary N) is 1. The van der Waals surface area contributed by atoms with Crippen LogP contribution in [-0.2, 0) is 24.1 Å². The predicted molar refractivity (Wildman–Crippen MR) is 109 cm³/mol. The molecule has 0 bridgehead atoms. The van der Waals surface area contributed by atoms with Gasteiger partial charge in [-0.25, -0.2) is 5.10 Å². The number of hydrogen-bond acceptors (Lipinski definition) is 4. The van der Waals surface area contributed by atoms with Gasteiger partial charge in [-0.2, -0.15) is 5.10 Å². The number of aromatic nitrogens is 2. The summed E-state index contributed by atoms with van der Waals surface area (Å²) in [5.41, 5.74) is 9.77. The summed E-state index contributed by atoms with van der Waals surface area (Å²) in [6, 6.07) is 7.60. The van der Waals surface area contributed by atoms with Crippen LogP contribution in [0.3, 0.4) is 0 Å². The molecule has 1 saturated heterocycles. The molecular formula is C22H26N4O3. The second-order valence-electron chi connectivity index (χ2n) is 8.01. The highest BCUT2D eigenvalue weighted by molar-refractivity contribution is 5.94. The summed E-state index contributed by atoms with van der Waals surface area (Å²) in [7, 11) is 0. The Morgan fingerprint density at radius 3 is 2.59 bits per heavy atom. The van der Waals surface area contributed by atoms with Crippen molar-refractivity contribution in [1.29, 1.82) is 0 Å². The Morgan fingerprint density at radius 1 is 1.14 bits per heavy atom. The molecule has 1 aromatic heterocycles. The summed E-state index contributed by atoms with van der Waals surface area (Å²) in [5, 5.41) is 6.93. The maximum absolute atomic E-state index is 12.9. The van der Waals surface area contributed by atoms with Crippen LogP contribution in [0.25, 0.3) is 0 Å². The number of aromatic amines is 1. The van der Waals surface area contributed by atoms with Crippen LogP contribution in [0.2, 0.25) is 0 Å². The summed E-state index contributed by atoms with van der Waals surface area (Å²) in [6.45, 7) is 1.09. The molecule has 7 heteroatoms. The van der Waals surface area contributed by atoms with Gasteiger partial charge in [0.2, 0.25) is 5.91 Å². The Labute approximate surface area is 169 Å². The Bertz CT molecular complexity index is 990. The summed E-state index contributed by atoms with van der Waals surface area (Å²) in [6.07, 6.45) is 5.63. The van der Waals surface area contributed by atoms with E-state index in [0.29, 0.717) is 37.9 Å². The van der Waals surface area contributed by atoms with Crippen molar-refractivity contribution in [2.45, 2.75) is 44.9 Å². The summed E-state index contributed by atoms with van der Waals surface area (Å²) < 4.78 is 0. The molecule has 2 aliphatic rings. The molecule has 1 aromatic carbocycles. The highest BCUT2D eigenvalue weighted by Gasteiger charge is 2.26. The maximum atomic E-state index is 12.9. The van der Waals surface area contributed by atoms with E-state index in [1.807, 2.05) is 24.3 Å². The molecule has 152 valence electrons. The van der Waals surface area contributed by atoms with Crippen LogP contribution in [0.4, 0.5) is 0 Å². The van der Waals surface area contributed by atoms with E-state index in [4.69, 9.17) is 5.73 Å². The zero-order chi connectivity index (χ0) is 20.4. The number of carbonyl (C=O) groups excluding carboxylic acids is 2. The molecule has 0 saturated carbocycles. The maximum Gasteiger partial charge on any atom is 0.267 e. The van der Waals surface area contributed by atoms with Crippen molar-refractivity contribution in [2.24, 2.45) is 11.7 Å². The molecule has 29 heavy (non-hydrogen) atoms. The number of likely N-dealkylation sites (tertiary alicyclic amines) is 1. The highest BCUT2D eigenvalue weighted by atomic mass is 16.2. The van der Waals surface area contributed by atoms with Crippen molar-refractivity contribution >= 4 is 11.8 Å². The third-order valence-corrected chi connectivity index (χ3v) is 6.11. The SMILES string of the molecule is NC(=O)C1CCN(C(=O)c2cccc(Cc3n[nH]c(=O)c4c3CCCC4)c2)CC1. The Morgan fingerprint density at radius 2 is 1.86 bits per heavy atom. The number of piperidine rings is 1. The summed E-state index contributed by atoms with van der Waals surface area (Å²) in [5.74, 6) is -0.440. The normalized spacial score (nSPS) is 17.0. The Kier molecular flexibility index (Phi) is 5.47. The number of nitrogens with zero attached hydrogens (tertiary/aromatic N) is 2. The van der Waals surface area contributed by atoms with Gasteiger partial charge in [0.15, 0.2) is 0 Å². The lowest BCUT2D eigenvalue weighted by molar-refractivity contribution is -0.123. The average molecular weight is 394 g/mol. The van der Waals surface area contributed by atoms with E-state index in [2.05, 4.69) is 10.2 Å². The third-order valence-electron chi connectivity index (χ3n) is 6.11. The molecule has 0 spiro atoms. The minimum atomic E-state index is -0.282. The van der Waals surface area contributed by atoms with Gasteiger partial charge in [-0.05, 0) is 61.8 Å². The molecule has 7 nitrogen and oxygen atoms in total. The molecular weight excluding hydrogens is 368 g/mol. The van der Waals surface area contributed by atoms with Gasteiger partial charge in [-0.15, -0.1) is 0 Å². The fraction of sp³-hybridized carbons (Fsp3) is 0.455. The zero-order valence-electron chi connectivity index (χ0n) is 16.4. The van der Waals surface area contributed by atoms with Crippen LogP contribution in [0.5, 0.6) is 0 Å². The summed E-state index contributed by atoms with van der Waals surface area (Å²) >= 11 is 0. The van der Waals surface area contributed by atoms with Crippen molar-refractivity contribution in [2.75, 3.05) is 13.1 Å². The van der Waals surface area contributed by atoms with E-state index in [-0.39, 0.29) is 23.3 Å². The minimum absolute atomic E-state index is 0.0220. The number of rotatable bonds is 4. The second-order valence-corrected chi connectivity index (χ2v) is 8.01. The molecule has 3 N–H and O–H groups in total. The largest absolute Gasteiger partial charge is 0.369 e. The lowest BCUT2D eigenvalue weighted by Crippen LogP contribution is -2.41. The van der Waals surface area contributed by atoms with E-state index >= 15 is 0 Å². The molecule has 1 aliphatic carbocycles. The van der Waals surface area contributed by atoms with Gasteiger partial charge in [-0.1, -0.05) is 12.1 Å². The van der Waals surface area contributed by atoms with E-state index in [9.17, 15) is 14.4 Å². The number of benzene rings is 1. The molecule has 0 atom stereocenters. The first kappa shape index (κ1) is 19.4. The van der Waals surface area contributed by atoms with Crippen molar-refractivity contribution in [3.8, 4) is 0 Å². The van der Waals surface area contributed by atoms with E-state index in [1.165, 1.54) is 0 Å². The minimum Gasteiger partial charge on any atom is -0.369 e. The molecule has 1 aliphatic heterocycles. The molecule has 1 fully saturated rings. The molecule has 4 rings (SSSR count). The smallest absolute Gasteiger partial charge is 0.267 e. The number of nitrogens with one attached hydrogen (secondary N) is 1. The number of amides is 2. The fourth-order valence-corrected chi connectivity index (χ4v) is 4.43. The van der Waals surface area contributed by atoms with Crippen molar-refractivity contribution in [3.63, 3.8) is 0 Å². The predicted octanol–water partition coefficient (Wildman–Crippen LogP) is 1.58. The number of hydrogen-bond donors (Lipinski definition) is 2. The average Bonchev–Trinajstić information content (AvgIpc) is 2.76. The van der Waals surface area contributed by atoms with Crippen LogP contribution >= 0.6 is 0 Å². The van der Waals surface area contributed by atoms with Gasteiger partial charge in [0.25, 0.3) is 11.5 Å². The van der Waals surface area contributed by atoms with E-state index in [1.54, 1.807) is 4.90 Å². The third kappa shape index (κ3) is 4.09. The van der Waals surface area contributed by atoms with Crippen LogP contribution in [-0.4, -0.2) is 40.0 Å². The molecule has 0 radical (unpaired) electrons. The number of primary amides is 1. The number of H-pyrrole nitrogens is 1. The molecule has 2 amide bonds. The van der Waals surface area contributed by atoms with E-state index in [0.717, 1.165) is 48.1 Å². The molecule has 2 heterocycles. The lowest BCUT2D eigenvalue weighted by Gasteiger charge is -2.30.